The number of hydrogen-bond donors (Lipinski definition) is 1. The van der Waals surface area contributed by atoms with Crippen LogP contribution in [0.2, 0.25) is 0 Å². The van der Waals surface area contributed by atoms with Gasteiger partial charge in [0.15, 0.2) is 0 Å². The molecule has 0 unspecified atom stereocenters. The van der Waals surface area contributed by atoms with Crippen molar-refractivity contribution in [2.24, 2.45) is 0 Å². The van der Waals surface area contributed by atoms with Gasteiger partial charge >= 0.3 is 5.97 Å². The van der Waals surface area contributed by atoms with Crippen molar-refractivity contribution >= 4 is 5.97 Å². The van der Waals surface area contributed by atoms with E-state index in [0.717, 1.165) is 35.6 Å². The first kappa shape index (κ1) is 26.2. The summed E-state index contributed by atoms with van der Waals surface area (Å²) < 4.78 is 10.9. The Morgan fingerprint density at radius 3 is 2.31 bits per heavy atom. The summed E-state index contributed by atoms with van der Waals surface area (Å²) in [6, 6.07) is 21.4. The molecule has 0 heterocycles. The number of ether oxygens (including phenoxy) is 2. The van der Waals surface area contributed by atoms with Crippen molar-refractivity contribution in [2.45, 2.75) is 52.6 Å². The zero-order chi connectivity index (χ0) is 25.0. The molecule has 3 aromatic rings. The first-order valence-corrected chi connectivity index (χ1v) is 12.5. The molecule has 3 rings (SSSR count). The third-order valence-corrected chi connectivity index (χ3v) is 6.10. The number of carbonyl (C=O) groups is 1. The lowest BCUT2D eigenvalue weighted by molar-refractivity contribution is -0.139. The molecule has 184 valence electrons. The fourth-order valence-electron chi connectivity index (χ4n) is 4.15. The number of aliphatic hydroxyl groups excluding tert-OH is 1. The van der Waals surface area contributed by atoms with Crippen molar-refractivity contribution in [3.05, 3.63) is 90.0 Å². The number of benzene rings is 3. The fourth-order valence-corrected chi connectivity index (χ4v) is 4.15. The van der Waals surface area contributed by atoms with E-state index in [1.54, 1.807) is 0 Å². The van der Waals surface area contributed by atoms with Crippen LogP contribution in [-0.2, 0) is 29.0 Å². The molecule has 0 fully saturated rings. The number of unbranched alkanes of at least 4 members (excludes halogenated alkanes) is 2. The van der Waals surface area contributed by atoms with Crippen LogP contribution in [0.4, 0.5) is 0 Å². The summed E-state index contributed by atoms with van der Waals surface area (Å²) in [4.78, 5) is 11.6. The average molecular weight is 473 g/mol. The van der Waals surface area contributed by atoms with Crippen LogP contribution in [0.1, 0.15) is 49.8 Å². The monoisotopic (exact) mass is 472 g/mol. The smallest absolute Gasteiger partial charge is 0.330 e. The second-order valence-corrected chi connectivity index (χ2v) is 8.59. The number of aryl methyl sites for hydroxylation is 2. The van der Waals surface area contributed by atoms with Gasteiger partial charge in [0.2, 0.25) is 0 Å². The summed E-state index contributed by atoms with van der Waals surface area (Å²) in [6.07, 6.45) is 6.92. The first-order valence-electron chi connectivity index (χ1n) is 12.5. The van der Waals surface area contributed by atoms with Crippen LogP contribution in [-0.4, -0.2) is 24.3 Å². The molecule has 0 bridgehead atoms. The van der Waals surface area contributed by atoms with Crippen LogP contribution in [0, 0.1) is 0 Å². The van der Waals surface area contributed by atoms with E-state index >= 15 is 0 Å². The molecule has 0 aromatic heterocycles. The highest BCUT2D eigenvalue weighted by Gasteiger charge is 2.12. The van der Waals surface area contributed by atoms with E-state index in [-0.39, 0.29) is 19.8 Å². The van der Waals surface area contributed by atoms with Gasteiger partial charge in [-0.05, 0) is 64.8 Å². The topological polar surface area (TPSA) is 55.8 Å². The molecular weight excluding hydrogens is 436 g/mol. The normalized spacial score (nSPS) is 10.7. The Labute approximate surface area is 209 Å². The van der Waals surface area contributed by atoms with Crippen molar-refractivity contribution in [2.75, 3.05) is 13.2 Å². The molecule has 4 heteroatoms. The average Bonchev–Trinajstić information content (AvgIpc) is 2.90. The third-order valence-electron chi connectivity index (χ3n) is 6.10. The van der Waals surface area contributed by atoms with Gasteiger partial charge in [0.1, 0.15) is 19.0 Å². The van der Waals surface area contributed by atoms with Gasteiger partial charge in [0.05, 0.1) is 6.61 Å². The van der Waals surface area contributed by atoms with Gasteiger partial charge in [-0.2, -0.15) is 0 Å². The first-order chi connectivity index (χ1) is 17.1. The number of hydrogen-bond acceptors (Lipinski definition) is 4. The lowest BCUT2D eigenvalue weighted by atomic mass is 9.92. The van der Waals surface area contributed by atoms with E-state index in [2.05, 4.69) is 62.9 Å². The summed E-state index contributed by atoms with van der Waals surface area (Å²) in [5.74, 6) is 0.104. The maximum absolute atomic E-state index is 11.6. The molecule has 4 nitrogen and oxygen atoms in total. The predicted octanol–water partition coefficient (Wildman–Crippen LogP) is 6.92. The quantitative estimate of drug-likeness (QED) is 0.167. The van der Waals surface area contributed by atoms with Crippen LogP contribution in [0.3, 0.4) is 0 Å². The third kappa shape index (κ3) is 7.30. The Balaban J connectivity index is 1.87. The van der Waals surface area contributed by atoms with Gasteiger partial charge in [0.25, 0.3) is 0 Å². The minimum Gasteiger partial charge on any atom is -0.491 e. The maximum Gasteiger partial charge on any atom is 0.330 e. The van der Waals surface area contributed by atoms with Crippen molar-refractivity contribution in [1.82, 2.24) is 0 Å². The van der Waals surface area contributed by atoms with E-state index in [0.29, 0.717) is 5.75 Å². The van der Waals surface area contributed by atoms with Gasteiger partial charge in [-0.15, -0.1) is 0 Å². The second kappa shape index (κ2) is 13.5. The van der Waals surface area contributed by atoms with Gasteiger partial charge < -0.3 is 14.6 Å². The van der Waals surface area contributed by atoms with Crippen LogP contribution < -0.4 is 4.74 Å². The zero-order valence-corrected chi connectivity index (χ0v) is 20.9. The Kier molecular flexibility index (Phi) is 10.1. The van der Waals surface area contributed by atoms with E-state index in [9.17, 15) is 4.79 Å². The summed E-state index contributed by atoms with van der Waals surface area (Å²) in [7, 11) is 0. The van der Waals surface area contributed by atoms with Crippen LogP contribution in [0.5, 0.6) is 5.75 Å². The Morgan fingerprint density at radius 2 is 1.63 bits per heavy atom. The van der Waals surface area contributed by atoms with Crippen molar-refractivity contribution in [3.8, 4) is 28.0 Å². The lowest BCUT2D eigenvalue weighted by Gasteiger charge is -2.15. The predicted molar refractivity (Wildman–Crippen MR) is 142 cm³/mol. The Hall–Kier alpha value is -3.37. The minimum absolute atomic E-state index is 0.0730. The molecular formula is C31H36O4. The van der Waals surface area contributed by atoms with Gasteiger partial charge in [-0.25, -0.2) is 4.79 Å². The molecule has 1 N–H and O–H groups in total. The molecule has 0 aliphatic heterocycles. The van der Waals surface area contributed by atoms with Gasteiger partial charge in [-0.1, -0.05) is 81.8 Å². The van der Waals surface area contributed by atoms with Gasteiger partial charge in [0, 0.05) is 11.6 Å². The van der Waals surface area contributed by atoms with E-state index in [1.807, 2.05) is 18.2 Å². The summed E-state index contributed by atoms with van der Waals surface area (Å²) >= 11 is 0. The Morgan fingerprint density at radius 1 is 0.914 bits per heavy atom. The molecule has 0 atom stereocenters. The molecule has 0 saturated heterocycles. The SMILES string of the molecule is C=CC(=O)OCc1cc(-c2ccc(-c3ccc(CCCCC)cc3)cc2CC)ccc1OCCO. The van der Waals surface area contributed by atoms with Crippen LogP contribution in [0.15, 0.2) is 73.3 Å². The molecule has 0 amide bonds. The highest BCUT2D eigenvalue weighted by atomic mass is 16.5. The largest absolute Gasteiger partial charge is 0.491 e. The maximum atomic E-state index is 11.6. The Bertz CT molecular complexity index is 1120. The molecule has 0 spiro atoms. The summed E-state index contributed by atoms with van der Waals surface area (Å²) in [5, 5.41) is 9.14. The molecule has 35 heavy (non-hydrogen) atoms. The number of rotatable bonds is 13. The van der Waals surface area contributed by atoms with Gasteiger partial charge in [-0.3, -0.25) is 0 Å². The molecule has 0 aliphatic carbocycles. The van der Waals surface area contributed by atoms with Crippen molar-refractivity contribution in [3.63, 3.8) is 0 Å². The lowest BCUT2D eigenvalue weighted by Crippen LogP contribution is -2.06. The number of aliphatic hydroxyl groups is 1. The van der Waals surface area contributed by atoms with Crippen molar-refractivity contribution < 1.29 is 19.4 Å². The molecule has 0 saturated carbocycles. The van der Waals surface area contributed by atoms with E-state index in [4.69, 9.17) is 14.6 Å². The second-order valence-electron chi connectivity index (χ2n) is 8.59. The van der Waals surface area contributed by atoms with E-state index < -0.39 is 5.97 Å². The van der Waals surface area contributed by atoms with E-state index in [1.165, 1.54) is 41.5 Å². The number of esters is 1. The highest BCUT2D eigenvalue weighted by molar-refractivity contribution is 5.81. The van der Waals surface area contributed by atoms with Crippen LogP contribution >= 0.6 is 0 Å². The molecule has 0 aliphatic rings. The summed E-state index contributed by atoms with van der Waals surface area (Å²) in [5.41, 5.74) is 7.97. The fraction of sp³-hybridized carbons (Fsp3) is 0.323. The molecule has 0 radical (unpaired) electrons. The summed E-state index contributed by atoms with van der Waals surface area (Å²) in [6.45, 7) is 8.00. The van der Waals surface area contributed by atoms with Crippen LogP contribution in [0.25, 0.3) is 22.3 Å². The standard InChI is InChI=1S/C31H36O4/c1-4-7-8-9-23-10-12-25(13-11-23)26-14-16-29(24(5-2)20-26)27-15-17-30(34-19-18-32)28(21-27)22-35-31(33)6-3/h6,10-17,20-21,32H,3-5,7-9,18-19,22H2,1-2H3. The van der Waals surface area contributed by atoms with Crippen molar-refractivity contribution in [1.29, 1.82) is 0 Å². The zero-order valence-electron chi connectivity index (χ0n) is 20.9. The highest BCUT2D eigenvalue weighted by Crippen LogP contribution is 2.33. The minimum atomic E-state index is -0.488. The molecule has 3 aromatic carbocycles. The number of carbonyl (C=O) groups excluding carboxylic acids is 1.